The Bertz CT molecular complexity index is 752. The van der Waals surface area contributed by atoms with Crippen LogP contribution >= 0.6 is 0 Å². The second kappa shape index (κ2) is 5.46. The van der Waals surface area contributed by atoms with Gasteiger partial charge in [0.25, 0.3) is 0 Å². The molecular weight excluding hydrogens is 242 g/mol. The summed E-state index contributed by atoms with van der Waals surface area (Å²) < 4.78 is 9.07. The van der Waals surface area contributed by atoms with E-state index in [-0.39, 0.29) is 5.92 Å². The van der Waals surface area contributed by atoms with Crippen molar-refractivity contribution in [2.75, 3.05) is 0 Å². The molecule has 0 bridgehead atoms. The number of hydrogen-bond acceptors (Lipinski definition) is 1. The first kappa shape index (κ1) is 11.7. The molecule has 0 saturated carbocycles. The molecule has 0 spiro atoms. The lowest BCUT2D eigenvalue weighted by Crippen LogP contribution is -2.10. The predicted molar refractivity (Wildman–Crippen MR) is 84.9 cm³/mol. The molecule has 0 saturated heterocycles. The van der Waals surface area contributed by atoms with E-state index in [1.165, 1.54) is 0 Å². The van der Waals surface area contributed by atoms with Crippen molar-refractivity contribution in [2.24, 2.45) is 5.92 Å². The highest BCUT2D eigenvalue weighted by Gasteiger charge is 2.19. The Balaban J connectivity index is 2.20. The maximum Gasteiger partial charge on any atom is 0.0705 e. The van der Waals surface area contributed by atoms with Crippen molar-refractivity contribution in [1.82, 2.24) is 4.98 Å². The van der Waals surface area contributed by atoms with Crippen LogP contribution in [0.25, 0.3) is 10.9 Å². The van der Waals surface area contributed by atoms with E-state index in [1.807, 2.05) is 54.6 Å². The van der Waals surface area contributed by atoms with E-state index in [0.29, 0.717) is 0 Å². The Hall–Kier alpha value is -2.15. The standard InChI is InChI=1S/C19H19N/c1-14(2)19(16-9-4-3-5-10-16)18-13-12-15-8-6-7-11-17(15)20-18/h3-14,19H,1-2H3/i19D. The molecule has 20 heavy (non-hydrogen) atoms. The largest absolute Gasteiger partial charge is 0.252 e. The summed E-state index contributed by atoms with van der Waals surface area (Å²) in [7, 11) is 0. The van der Waals surface area contributed by atoms with Crippen molar-refractivity contribution in [3.8, 4) is 0 Å². The van der Waals surface area contributed by atoms with Crippen LogP contribution in [0.1, 0.15) is 32.4 Å². The first-order chi connectivity index (χ1) is 10.1. The van der Waals surface area contributed by atoms with Crippen molar-refractivity contribution in [1.29, 1.82) is 0 Å². The molecule has 0 aliphatic carbocycles. The summed E-state index contributed by atoms with van der Waals surface area (Å²) in [5.41, 5.74) is 2.74. The fourth-order valence-corrected chi connectivity index (χ4v) is 2.61. The van der Waals surface area contributed by atoms with E-state index in [9.17, 15) is 0 Å². The topological polar surface area (TPSA) is 12.9 Å². The minimum Gasteiger partial charge on any atom is -0.252 e. The van der Waals surface area contributed by atoms with E-state index >= 15 is 0 Å². The molecule has 1 unspecified atom stereocenters. The second-order valence-electron chi connectivity index (χ2n) is 5.32. The molecule has 0 N–H and O–H groups in total. The molecule has 1 nitrogen and oxygen atoms in total. The molecule has 0 amide bonds. The Labute approximate surface area is 121 Å². The molecule has 0 radical (unpaired) electrons. The van der Waals surface area contributed by atoms with Crippen LogP contribution in [0, 0.1) is 5.92 Å². The third kappa shape index (κ3) is 2.44. The van der Waals surface area contributed by atoms with Gasteiger partial charge in [-0.15, -0.1) is 0 Å². The van der Waals surface area contributed by atoms with Crippen molar-refractivity contribution in [3.63, 3.8) is 0 Å². The molecule has 1 aromatic heterocycles. The van der Waals surface area contributed by atoms with Gasteiger partial charge < -0.3 is 0 Å². The van der Waals surface area contributed by atoms with Gasteiger partial charge in [-0.1, -0.05) is 68.4 Å². The summed E-state index contributed by atoms with van der Waals surface area (Å²) in [6, 6.07) is 22.1. The van der Waals surface area contributed by atoms with Crippen LogP contribution in [0.4, 0.5) is 0 Å². The lowest BCUT2D eigenvalue weighted by Gasteiger charge is -2.21. The van der Waals surface area contributed by atoms with E-state index in [4.69, 9.17) is 6.35 Å². The van der Waals surface area contributed by atoms with Crippen LogP contribution in [0.2, 0.25) is 0 Å². The summed E-state index contributed by atoms with van der Waals surface area (Å²) >= 11 is 0. The molecule has 3 rings (SSSR count). The lowest BCUT2D eigenvalue weighted by molar-refractivity contribution is 0.553. The minimum absolute atomic E-state index is 0.133. The lowest BCUT2D eigenvalue weighted by atomic mass is 9.85. The highest BCUT2D eigenvalue weighted by atomic mass is 14.7. The average Bonchev–Trinajstić information content (AvgIpc) is 2.54. The van der Waals surface area contributed by atoms with E-state index < -0.39 is 5.89 Å². The zero-order valence-corrected chi connectivity index (χ0v) is 11.9. The van der Waals surface area contributed by atoms with Gasteiger partial charge in [-0.25, -0.2) is 0 Å². The molecule has 1 atom stereocenters. The number of aromatic nitrogens is 1. The smallest absolute Gasteiger partial charge is 0.0705 e. The maximum absolute atomic E-state index is 9.07. The summed E-state index contributed by atoms with van der Waals surface area (Å²) in [6.07, 6.45) is 0. The fraction of sp³-hybridized carbons (Fsp3) is 0.211. The molecule has 3 aromatic rings. The quantitative estimate of drug-likeness (QED) is 0.645. The SMILES string of the molecule is [2H]C(c1ccccc1)(c1ccc2ccccc2n1)C(C)C. The van der Waals surface area contributed by atoms with Crippen LogP contribution < -0.4 is 0 Å². The maximum atomic E-state index is 9.07. The number of para-hydroxylation sites is 1. The monoisotopic (exact) mass is 262 g/mol. The fourth-order valence-electron chi connectivity index (χ4n) is 2.61. The number of benzene rings is 2. The van der Waals surface area contributed by atoms with E-state index in [0.717, 1.165) is 22.2 Å². The summed E-state index contributed by atoms with van der Waals surface area (Å²) in [6.45, 7) is 4.16. The van der Waals surface area contributed by atoms with E-state index in [1.54, 1.807) is 0 Å². The summed E-state index contributed by atoms with van der Waals surface area (Å²) in [4.78, 5) is 4.76. The highest BCUT2D eigenvalue weighted by Crippen LogP contribution is 2.31. The first-order valence-corrected chi connectivity index (χ1v) is 7.04. The third-order valence-corrected chi connectivity index (χ3v) is 3.54. The van der Waals surface area contributed by atoms with Crippen molar-refractivity contribution >= 4 is 10.9 Å². The normalized spacial score (nSPS) is 15.1. The number of nitrogens with zero attached hydrogens (tertiary/aromatic N) is 1. The van der Waals surface area contributed by atoms with Gasteiger partial charge >= 0.3 is 0 Å². The molecule has 100 valence electrons. The van der Waals surface area contributed by atoms with Gasteiger partial charge in [-0.3, -0.25) is 4.98 Å². The molecule has 2 aromatic carbocycles. The van der Waals surface area contributed by atoms with Crippen LogP contribution in [-0.4, -0.2) is 4.98 Å². The van der Waals surface area contributed by atoms with Crippen LogP contribution in [-0.2, 0) is 0 Å². The Morgan fingerprint density at radius 1 is 0.850 bits per heavy atom. The Morgan fingerprint density at radius 2 is 1.55 bits per heavy atom. The number of pyridine rings is 1. The summed E-state index contributed by atoms with van der Waals surface area (Å²) in [5, 5.41) is 1.11. The van der Waals surface area contributed by atoms with Gasteiger partial charge in [-0.05, 0) is 23.6 Å². The predicted octanol–water partition coefficient (Wildman–Crippen LogP) is 5.02. The first-order valence-electron chi connectivity index (χ1n) is 7.54. The average molecular weight is 262 g/mol. The van der Waals surface area contributed by atoms with Gasteiger partial charge in [0.2, 0.25) is 0 Å². The van der Waals surface area contributed by atoms with Crippen molar-refractivity contribution in [2.45, 2.75) is 19.7 Å². The Morgan fingerprint density at radius 3 is 2.30 bits per heavy atom. The number of rotatable bonds is 3. The number of hydrogen-bond donors (Lipinski definition) is 0. The van der Waals surface area contributed by atoms with Gasteiger partial charge in [0.1, 0.15) is 0 Å². The van der Waals surface area contributed by atoms with Gasteiger partial charge in [-0.2, -0.15) is 0 Å². The Kier molecular flexibility index (Phi) is 3.18. The van der Waals surface area contributed by atoms with Gasteiger partial charge in [0, 0.05) is 18.3 Å². The van der Waals surface area contributed by atoms with Crippen molar-refractivity contribution in [3.05, 3.63) is 78.0 Å². The molecular formula is C19H19N. The van der Waals surface area contributed by atoms with E-state index in [2.05, 4.69) is 26.0 Å². The molecule has 0 fully saturated rings. The minimum atomic E-state index is -0.828. The molecule has 0 aliphatic heterocycles. The van der Waals surface area contributed by atoms with Crippen LogP contribution in [0.3, 0.4) is 0 Å². The van der Waals surface area contributed by atoms with Gasteiger partial charge in [0.05, 0.1) is 5.52 Å². The third-order valence-electron chi connectivity index (χ3n) is 3.54. The van der Waals surface area contributed by atoms with Crippen LogP contribution in [0.5, 0.6) is 0 Å². The van der Waals surface area contributed by atoms with Gasteiger partial charge in [0.15, 0.2) is 0 Å². The molecule has 0 aliphatic rings. The van der Waals surface area contributed by atoms with Crippen molar-refractivity contribution < 1.29 is 1.37 Å². The zero-order valence-electron chi connectivity index (χ0n) is 12.9. The molecule has 1 heteroatoms. The number of fused-ring (bicyclic) bond motifs is 1. The second-order valence-corrected chi connectivity index (χ2v) is 5.32. The highest BCUT2D eigenvalue weighted by molar-refractivity contribution is 5.78. The van der Waals surface area contributed by atoms with Crippen LogP contribution in [0.15, 0.2) is 66.7 Å². The summed E-state index contributed by atoms with van der Waals surface area (Å²) in [5.74, 6) is -0.695. The zero-order chi connectivity index (χ0) is 14.9. The molecule has 1 heterocycles.